The zero-order chi connectivity index (χ0) is 17.8. The first-order chi connectivity index (χ1) is 12.0. The second kappa shape index (κ2) is 7.70. The Morgan fingerprint density at radius 1 is 1.08 bits per heavy atom. The lowest BCUT2D eigenvalue weighted by molar-refractivity contribution is -0.115. The third kappa shape index (κ3) is 4.39. The van der Waals surface area contributed by atoms with Gasteiger partial charge in [0.15, 0.2) is 11.5 Å². The van der Waals surface area contributed by atoms with E-state index in [-0.39, 0.29) is 11.2 Å². The van der Waals surface area contributed by atoms with Crippen molar-refractivity contribution in [1.82, 2.24) is 0 Å². The van der Waals surface area contributed by atoms with Crippen molar-refractivity contribution in [1.29, 1.82) is 0 Å². The Morgan fingerprint density at radius 3 is 2.44 bits per heavy atom. The molecule has 1 amide bonds. The average Bonchev–Trinajstić information content (AvgIpc) is 2.62. The molecular weight excluding hydrogens is 336 g/mol. The molecule has 132 valence electrons. The van der Waals surface area contributed by atoms with Gasteiger partial charge in [0, 0.05) is 30.4 Å². The lowest BCUT2D eigenvalue weighted by atomic mass is 10.2. The molecule has 0 aliphatic carbocycles. The molecule has 0 spiro atoms. The Labute approximate surface area is 152 Å². The lowest BCUT2D eigenvalue weighted by Gasteiger charge is -2.19. The summed E-state index contributed by atoms with van der Waals surface area (Å²) < 4.78 is 11.1. The molecule has 6 heteroatoms. The standard InChI is InChI=1S/C19H22N2O3S/c1-13(19(22)20-14-4-6-15(7-5-14)21(2)3)25-16-8-9-17-18(12-16)24-11-10-23-17/h4-9,12-13H,10-11H2,1-3H3,(H,20,22)/t13-/m1/s1. The third-order valence-electron chi connectivity index (χ3n) is 3.85. The predicted octanol–water partition coefficient (Wildman–Crippen LogP) is 3.64. The monoisotopic (exact) mass is 358 g/mol. The number of nitrogens with one attached hydrogen (secondary N) is 1. The number of hydrogen-bond acceptors (Lipinski definition) is 5. The molecule has 0 fully saturated rings. The van der Waals surface area contributed by atoms with Crippen molar-refractivity contribution in [2.45, 2.75) is 17.1 Å². The van der Waals surface area contributed by atoms with Crippen LogP contribution in [-0.2, 0) is 4.79 Å². The summed E-state index contributed by atoms with van der Waals surface area (Å²) in [7, 11) is 3.97. The number of thioether (sulfide) groups is 1. The van der Waals surface area contributed by atoms with Crippen molar-refractivity contribution in [2.24, 2.45) is 0 Å². The first-order valence-corrected chi connectivity index (χ1v) is 9.05. The summed E-state index contributed by atoms with van der Waals surface area (Å²) in [4.78, 5) is 15.4. The van der Waals surface area contributed by atoms with Crippen molar-refractivity contribution >= 4 is 29.0 Å². The fraction of sp³-hybridized carbons (Fsp3) is 0.316. The van der Waals surface area contributed by atoms with Gasteiger partial charge in [0.1, 0.15) is 13.2 Å². The molecule has 3 rings (SSSR count). The minimum absolute atomic E-state index is 0.0301. The molecule has 0 radical (unpaired) electrons. The molecule has 0 saturated carbocycles. The molecule has 1 aliphatic heterocycles. The maximum Gasteiger partial charge on any atom is 0.237 e. The number of hydrogen-bond donors (Lipinski definition) is 1. The summed E-state index contributed by atoms with van der Waals surface area (Å²) in [6.07, 6.45) is 0. The molecule has 1 heterocycles. The molecule has 2 aromatic carbocycles. The van der Waals surface area contributed by atoms with Gasteiger partial charge in [-0.15, -0.1) is 11.8 Å². The van der Waals surface area contributed by atoms with Gasteiger partial charge in [-0.2, -0.15) is 0 Å². The van der Waals surface area contributed by atoms with Crippen molar-refractivity contribution in [3.63, 3.8) is 0 Å². The maximum atomic E-state index is 12.4. The van der Waals surface area contributed by atoms with E-state index in [2.05, 4.69) is 5.32 Å². The van der Waals surface area contributed by atoms with Gasteiger partial charge in [-0.25, -0.2) is 0 Å². The van der Waals surface area contributed by atoms with Crippen LogP contribution >= 0.6 is 11.8 Å². The van der Waals surface area contributed by atoms with Crippen LogP contribution in [0.15, 0.2) is 47.4 Å². The van der Waals surface area contributed by atoms with Gasteiger partial charge in [0.2, 0.25) is 5.91 Å². The van der Waals surface area contributed by atoms with E-state index in [4.69, 9.17) is 9.47 Å². The largest absolute Gasteiger partial charge is 0.486 e. The summed E-state index contributed by atoms with van der Waals surface area (Å²) in [5.74, 6) is 1.47. The fourth-order valence-electron chi connectivity index (χ4n) is 2.44. The zero-order valence-electron chi connectivity index (χ0n) is 14.6. The minimum Gasteiger partial charge on any atom is -0.486 e. The van der Waals surface area contributed by atoms with Crippen molar-refractivity contribution in [3.8, 4) is 11.5 Å². The van der Waals surface area contributed by atoms with Gasteiger partial charge >= 0.3 is 0 Å². The Balaban J connectivity index is 1.60. The summed E-state index contributed by atoms with van der Waals surface area (Å²) in [5.41, 5.74) is 1.89. The number of ether oxygens (including phenoxy) is 2. The molecular formula is C19H22N2O3S. The molecule has 0 bridgehead atoms. The van der Waals surface area contributed by atoms with Crippen LogP contribution in [0.5, 0.6) is 11.5 Å². The minimum atomic E-state index is -0.226. The molecule has 2 aromatic rings. The third-order valence-corrected chi connectivity index (χ3v) is 4.94. The first kappa shape index (κ1) is 17.5. The average molecular weight is 358 g/mol. The Bertz CT molecular complexity index is 747. The highest BCUT2D eigenvalue weighted by molar-refractivity contribution is 8.00. The van der Waals surface area contributed by atoms with Gasteiger partial charge in [-0.05, 0) is 49.4 Å². The molecule has 0 unspecified atom stereocenters. The number of amides is 1. The molecule has 0 aromatic heterocycles. The Kier molecular flexibility index (Phi) is 5.38. The van der Waals surface area contributed by atoms with E-state index in [9.17, 15) is 4.79 Å². The van der Waals surface area contributed by atoms with E-state index >= 15 is 0 Å². The van der Waals surface area contributed by atoms with Crippen LogP contribution < -0.4 is 19.7 Å². The summed E-state index contributed by atoms with van der Waals surface area (Å²) in [6, 6.07) is 13.6. The van der Waals surface area contributed by atoms with Gasteiger partial charge < -0.3 is 19.7 Å². The van der Waals surface area contributed by atoms with Crippen LogP contribution in [-0.4, -0.2) is 38.5 Å². The highest BCUT2D eigenvalue weighted by atomic mass is 32.2. The summed E-state index contributed by atoms with van der Waals surface area (Å²) in [6.45, 7) is 3.02. The maximum absolute atomic E-state index is 12.4. The summed E-state index contributed by atoms with van der Waals surface area (Å²) in [5, 5.41) is 2.73. The van der Waals surface area contributed by atoms with E-state index in [1.807, 2.05) is 68.4 Å². The number of rotatable bonds is 5. The number of carbonyl (C=O) groups excluding carboxylic acids is 1. The first-order valence-electron chi connectivity index (χ1n) is 8.17. The normalized spacial score (nSPS) is 13.9. The predicted molar refractivity (Wildman–Crippen MR) is 102 cm³/mol. The van der Waals surface area contributed by atoms with Crippen LogP contribution in [0, 0.1) is 0 Å². The molecule has 1 atom stereocenters. The zero-order valence-corrected chi connectivity index (χ0v) is 15.4. The number of nitrogens with zero attached hydrogens (tertiary/aromatic N) is 1. The van der Waals surface area contributed by atoms with Gasteiger partial charge in [0.05, 0.1) is 5.25 Å². The molecule has 5 nitrogen and oxygen atoms in total. The van der Waals surface area contributed by atoms with Crippen molar-refractivity contribution in [3.05, 3.63) is 42.5 Å². The Hall–Kier alpha value is -2.34. The number of carbonyl (C=O) groups is 1. The smallest absolute Gasteiger partial charge is 0.237 e. The van der Waals surface area contributed by atoms with Crippen molar-refractivity contribution in [2.75, 3.05) is 37.5 Å². The van der Waals surface area contributed by atoms with E-state index < -0.39 is 0 Å². The molecule has 0 saturated heterocycles. The van der Waals surface area contributed by atoms with Crippen LogP contribution in [0.4, 0.5) is 11.4 Å². The number of benzene rings is 2. The van der Waals surface area contributed by atoms with Crippen LogP contribution in [0.3, 0.4) is 0 Å². The molecule has 25 heavy (non-hydrogen) atoms. The highest BCUT2D eigenvalue weighted by Gasteiger charge is 2.17. The second-order valence-electron chi connectivity index (χ2n) is 6.00. The molecule has 1 aliphatic rings. The van der Waals surface area contributed by atoms with Gasteiger partial charge in [-0.1, -0.05) is 0 Å². The second-order valence-corrected chi connectivity index (χ2v) is 7.41. The summed E-state index contributed by atoms with van der Waals surface area (Å²) >= 11 is 1.50. The number of anilines is 2. The Morgan fingerprint density at radius 2 is 1.76 bits per heavy atom. The van der Waals surface area contributed by atoms with E-state index in [1.54, 1.807) is 0 Å². The fourth-order valence-corrected chi connectivity index (χ4v) is 3.34. The topological polar surface area (TPSA) is 50.8 Å². The van der Waals surface area contributed by atoms with Gasteiger partial charge in [0.25, 0.3) is 0 Å². The quantitative estimate of drug-likeness (QED) is 0.827. The van der Waals surface area contributed by atoms with Crippen LogP contribution in [0.2, 0.25) is 0 Å². The lowest BCUT2D eigenvalue weighted by Crippen LogP contribution is -2.22. The van der Waals surface area contributed by atoms with Crippen LogP contribution in [0.1, 0.15) is 6.92 Å². The van der Waals surface area contributed by atoms with Crippen LogP contribution in [0.25, 0.3) is 0 Å². The molecule has 1 N–H and O–H groups in total. The van der Waals surface area contributed by atoms with E-state index in [1.165, 1.54) is 11.8 Å². The number of fused-ring (bicyclic) bond motifs is 1. The van der Waals surface area contributed by atoms with Gasteiger partial charge in [-0.3, -0.25) is 4.79 Å². The van der Waals surface area contributed by atoms with E-state index in [0.29, 0.717) is 13.2 Å². The van der Waals surface area contributed by atoms with E-state index in [0.717, 1.165) is 27.8 Å². The SMILES string of the molecule is C[C@@H](Sc1ccc2c(c1)OCCO2)C(=O)Nc1ccc(N(C)C)cc1. The highest BCUT2D eigenvalue weighted by Crippen LogP contribution is 2.35. The van der Waals surface area contributed by atoms with Crippen molar-refractivity contribution < 1.29 is 14.3 Å².